The van der Waals surface area contributed by atoms with Crippen molar-refractivity contribution in [2.45, 2.75) is 33.1 Å². The van der Waals surface area contributed by atoms with Crippen molar-refractivity contribution in [1.82, 2.24) is 5.32 Å². The summed E-state index contributed by atoms with van der Waals surface area (Å²) in [4.78, 5) is 4.16. The number of aliphatic imine (C=N–C) groups is 1. The van der Waals surface area contributed by atoms with Gasteiger partial charge in [-0.15, -0.1) is 24.0 Å². The highest BCUT2D eigenvalue weighted by atomic mass is 127. The summed E-state index contributed by atoms with van der Waals surface area (Å²) in [6.07, 6.45) is 3.93. The lowest BCUT2D eigenvalue weighted by atomic mass is 9.85. The average molecular weight is 336 g/mol. The number of nitrogens with two attached hydrogens (primary N) is 1. The fourth-order valence-electron chi connectivity index (χ4n) is 1.32. The van der Waals surface area contributed by atoms with Gasteiger partial charge in [0.2, 0.25) is 0 Å². The molecule has 1 rings (SSSR count). The van der Waals surface area contributed by atoms with E-state index in [1.165, 1.54) is 19.3 Å². The van der Waals surface area contributed by atoms with Crippen LogP contribution in [-0.2, 0) is 0 Å². The van der Waals surface area contributed by atoms with E-state index in [-0.39, 0.29) is 24.0 Å². The van der Waals surface area contributed by atoms with Crippen LogP contribution in [0.25, 0.3) is 0 Å². The van der Waals surface area contributed by atoms with Crippen LogP contribution in [0.15, 0.2) is 4.99 Å². The van der Waals surface area contributed by atoms with Crippen LogP contribution in [0.3, 0.4) is 0 Å². The molecule has 0 radical (unpaired) electrons. The van der Waals surface area contributed by atoms with Gasteiger partial charge in [0.05, 0.1) is 18.0 Å². The number of nitrogens with zero attached hydrogens (tertiary/aromatic N) is 2. The van der Waals surface area contributed by atoms with E-state index in [0.29, 0.717) is 12.5 Å². The Morgan fingerprint density at radius 2 is 2.19 bits per heavy atom. The van der Waals surface area contributed by atoms with Crippen molar-refractivity contribution in [2.24, 2.45) is 22.1 Å². The van der Waals surface area contributed by atoms with Crippen LogP contribution in [0.2, 0.25) is 0 Å². The number of hydrogen-bond acceptors (Lipinski definition) is 2. The maximum absolute atomic E-state index is 8.79. The molecule has 1 saturated carbocycles. The first-order chi connectivity index (χ1) is 7.03. The van der Waals surface area contributed by atoms with Gasteiger partial charge >= 0.3 is 0 Å². The predicted molar refractivity (Wildman–Crippen MR) is 76.6 cm³/mol. The minimum absolute atomic E-state index is 0. The van der Waals surface area contributed by atoms with Gasteiger partial charge in [-0.1, -0.05) is 6.42 Å². The molecule has 0 aromatic heterocycles. The maximum Gasteiger partial charge on any atom is 0.188 e. The van der Waals surface area contributed by atoms with E-state index >= 15 is 0 Å². The summed E-state index contributed by atoms with van der Waals surface area (Å²) >= 11 is 0. The smallest absolute Gasteiger partial charge is 0.188 e. The first-order valence-corrected chi connectivity index (χ1v) is 5.48. The molecule has 0 aliphatic heterocycles. The summed E-state index contributed by atoms with van der Waals surface area (Å²) in [6.45, 7) is 5.08. The second-order valence-electron chi connectivity index (χ2n) is 4.87. The molecule has 0 unspecified atom stereocenters. The molecule has 0 aromatic carbocycles. The summed E-state index contributed by atoms with van der Waals surface area (Å²) in [6, 6.07) is 2.19. The number of guanidine groups is 1. The van der Waals surface area contributed by atoms with E-state index in [0.717, 1.165) is 12.5 Å². The van der Waals surface area contributed by atoms with Crippen LogP contribution in [-0.4, -0.2) is 19.0 Å². The molecule has 3 N–H and O–H groups in total. The lowest BCUT2D eigenvalue weighted by molar-refractivity contribution is 0.315. The van der Waals surface area contributed by atoms with Crippen molar-refractivity contribution < 1.29 is 0 Å². The van der Waals surface area contributed by atoms with Crippen molar-refractivity contribution in [3.8, 4) is 6.07 Å². The Labute approximate surface area is 115 Å². The Bertz CT molecular complexity index is 276. The molecule has 0 amide bonds. The number of rotatable bonds is 4. The highest BCUT2D eigenvalue weighted by Crippen LogP contribution is 2.24. The zero-order valence-corrected chi connectivity index (χ0v) is 12.3. The molecule has 1 aliphatic carbocycles. The minimum Gasteiger partial charge on any atom is -0.370 e. The molecule has 0 atom stereocenters. The molecule has 16 heavy (non-hydrogen) atoms. The van der Waals surface area contributed by atoms with Gasteiger partial charge in [-0.05, 0) is 32.6 Å². The second kappa shape index (κ2) is 6.94. The Balaban J connectivity index is 0.00000225. The third-order valence-corrected chi connectivity index (χ3v) is 2.74. The molecule has 0 bridgehead atoms. The van der Waals surface area contributed by atoms with E-state index in [1.54, 1.807) is 0 Å². The summed E-state index contributed by atoms with van der Waals surface area (Å²) in [7, 11) is 0. The van der Waals surface area contributed by atoms with Crippen molar-refractivity contribution >= 4 is 29.9 Å². The molecular weight excluding hydrogens is 315 g/mol. The van der Waals surface area contributed by atoms with Gasteiger partial charge in [-0.3, -0.25) is 4.99 Å². The molecule has 0 spiro atoms. The average Bonchev–Trinajstić information content (AvgIpc) is 2.13. The highest BCUT2D eigenvalue weighted by Gasteiger charge is 2.18. The molecule has 4 nitrogen and oxygen atoms in total. The second-order valence-corrected chi connectivity index (χ2v) is 4.87. The first kappa shape index (κ1) is 15.5. The van der Waals surface area contributed by atoms with Gasteiger partial charge in [0.25, 0.3) is 0 Å². The van der Waals surface area contributed by atoms with Gasteiger partial charge in [-0.25, -0.2) is 0 Å². The summed E-state index contributed by atoms with van der Waals surface area (Å²) < 4.78 is 0. The van der Waals surface area contributed by atoms with E-state index in [9.17, 15) is 0 Å². The number of nitrogens with one attached hydrogen (secondary N) is 1. The van der Waals surface area contributed by atoms with Gasteiger partial charge < -0.3 is 11.1 Å². The monoisotopic (exact) mass is 336 g/mol. The molecule has 1 aliphatic rings. The fourth-order valence-corrected chi connectivity index (χ4v) is 1.32. The molecule has 0 aromatic rings. The molecular formula is C11H21IN4. The third kappa shape index (κ3) is 5.54. The van der Waals surface area contributed by atoms with Crippen LogP contribution in [0.1, 0.15) is 33.1 Å². The van der Waals surface area contributed by atoms with Crippen LogP contribution in [0.4, 0.5) is 0 Å². The zero-order valence-electron chi connectivity index (χ0n) is 9.99. The van der Waals surface area contributed by atoms with E-state index in [1.807, 2.05) is 13.8 Å². The quantitative estimate of drug-likeness (QED) is 0.467. The topological polar surface area (TPSA) is 74.2 Å². The summed E-state index contributed by atoms with van der Waals surface area (Å²) in [5.74, 6) is 1.23. The van der Waals surface area contributed by atoms with Gasteiger partial charge in [0, 0.05) is 6.54 Å². The van der Waals surface area contributed by atoms with Gasteiger partial charge in [0.15, 0.2) is 5.96 Å². The van der Waals surface area contributed by atoms with Crippen LogP contribution >= 0.6 is 24.0 Å². The lowest BCUT2D eigenvalue weighted by Gasteiger charge is -2.25. The molecule has 92 valence electrons. The zero-order chi connectivity index (χ0) is 11.3. The molecule has 5 heteroatoms. The minimum atomic E-state index is -0.428. The predicted octanol–water partition coefficient (Wildman–Crippen LogP) is 1.86. The SMILES string of the molecule is CC(C)(C#N)CN=C(N)NCC1CCC1.I. The van der Waals surface area contributed by atoms with Gasteiger partial charge in [0.1, 0.15) is 0 Å². The lowest BCUT2D eigenvalue weighted by Crippen LogP contribution is -2.37. The van der Waals surface area contributed by atoms with Crippen LogP contribution in [0, 0.1) is 22.7 Å². The number of nitriles is 1. The third-order valence-electron chi connectivity index (χ3n) is 2.74. The normalized spacial score (nSPS) is 16.9. The molecule has 0 saturated heterocycles. The first-order valence-electron chi connectivity index (χ1n) is 5.48. The Kier molecular flexibility index (Phi) is 6.72. The van der Waals surface area contributed by atoms with Gasteiger partial charge in [-0.2, -0.15) is 5.26 Å². The van der Waals surface area contributed by atoms with Crippen molar-refractivity contribution in [3.05, 3.63) is 0 Å². The maximum atomic E-state index is 8.79. The van der Waals surface area contributed by atoms with Crippen molar-refractivity contribution in [1.29, 1.82) is 5.26 Å². The summed E-state index contributed by atoms with van der Waals surface area (Å²) in [5, 5.41) is 11.9. The van der Waals surface area contributed by atoms with Crippen molar-refractivity contribution in [2.75, 3.05) is 13.1 Å². The number of halogens is 1. The van der Waals surface area contributed by atoms with E-state index in [4.69, 9.17) is 11.0 Å². The number of hydrogen-bond donors (Lipinski definition) is 2. The van der Waals surface area contributed by atoms with Crippen LogP contribution < -0.4 is 11.1 Å². The van der Waals surface area contributed by atoms with E-state index in [2.05, 4.69) is 16.4 Å². The Morgan fingerprint density at radius 1 is 1.56 bits per heavy atom. The van der Waals surface area contributed by atoms with Crippen LogP contribution in [0.5, 0.6) is 0 Å². The van der Waals surface area contributed by atoms with E-state index < -0.39 is 5.41 Å². The fraction of sp³-hybridized carbons (Fsp3) is 0.818. The molecule has 1 fully saturated rings. The Hall–Kier alpha value is -0.510. The van der Waals surface area contributed by atoms with Crippen molar-refractivity contribution in [3.63, 3.8) is 0 Å². The molecule has 0 heterocycles. The highest BCUT2D eigenvalue weighted by molar-refractivity contribution is 14.0. The Morgan fingerprint density at radius 3 is 2.62 bits per heavy atom. The largest absolute Gasteiger partial charge is 0.370 e. The summed E-state index contributed by atoms with van der Waals surface area (Å²) in [5.41, 5.74) is 5.26. The standard InChI is InChI=1S/C11H20N4.HI/c1-11(2,7-12)8-15-10(13)14-6-9-4-3-5-9;/h9H,3-6,8H2,1-2H3,(H3,13,14,15);1H.